The Morgan fingerprint density at radius 2 is 1.67 bits per heavy atom. The van der Waals surface area contributed by atoms with Gasteiger partial charge in [0.25, 0.3) is 5.56 Å². The molecule has 0 spiro atoms. The highest BCUT2D eigenvalue weighted by Crippen LogP contribution is 2.17. The van der Waals surface area contributed by atoms with Crippen LogP contribution in [0.1, 0.15) is 35.2 Å². The molecule has 1 heterocycles. The van der Waals surface area contributed by atoms with Crippen molar-refractivity contribution in [3.05, 3.63) is 110 Å². The van der Waals surface area contributed by atoms with E-state index in [1.54, 1.807) is 18.2 Å². The molecule has 3 aromatic carbocycles. The number of carbonyl (C=O) groups is 1. The van der Waals surface area contributed by atoms with Crippen LogP contribution in [0.2, 0.25) is 0 Å². The van der Waals surface area contributed by atoms with Crippen LogP contribution in [0.5, 0.6) is 0 Å². The van der Waals surface area contributed by atoms with Gasteiger partial charge in [0.1, 0.15) is 6.54 Å². The monoisotopic (exact) mass is 441 g/mol. The van der Waals surface area contributed by atoms with Gasteiger partial charge in [0.05, 0.1) is 22.6 Å². The maximum absolute atomic E-state index is 13.6. The van der Waals surface area contributed by atoms with E-state index in [1.165, 1.54) is 9.13 Å². The SMILES string of the molecule is Cc1ccc2c(c1)c(=O)n(-c1cccc(C)c1C)c(=O)n2CC(=O)NC(C)c1ccccc1. The number of carbonyl (C=O) groups excluding carboxylic acids is 1. The minimum atomic E-state index is -0.535. The first-order chi connectivity index (χ1) is 15.8. The van der Waals surface area contributed by atoms with Crippen molar-refractivity contribution in [2.24, 2.45) is 0 Å². The average Bonchev–Trinajstić information content (AvgIpc) is 2.80. The van der Waals surface area contributed by atoms with Gasteiger partial charge in [-0.2, -0.15) is 0 Å². The number of aryl methyl sites for hydroxylation is 2. The summed E-state index contributed by atoms with van der Waals surface area (Å²) in [4.78, 5) is 40.0. The normalized spacial score (nSPS) is 12.0. The molecule has 0 aliphatic rings. The van der Waals surface area contributed by atoms with Gasteiger partial charge in [0.15, 0.2) is 0 Å². The average molecular weight is 442 g/mol. The summed E-state index contributed by atoms with van der Waals surface area (Å²) in [5.74, 6) is -0.304. The Morgan fingerprint density at radius 3 is 2.39 bits per heavy atom. The van der Waals surface area contributed by atoms with E-state index in [4.69, 9.17) is 0 Å². The van der Waals surface area contributed by atoms with Crippen molar-refractivity contribution < 1.29 is 4.79 Å². The molecule has 1 aromatic heterocycles. The number of benzene rings is 3. The van der Waals surface area contributed by atoms with E-state index in [2.05, 4.69) is 5.32 Å². The van der Waals surface area contributed by atoms with Gasteiger partial charge in [-0.25, -0.2) is 9.36 Å². The highest BCUT2D eigenvalue weighted by atomic mass is 16.2. The van der Waals surface area contributed by atoms with Gasteiger partial charge in [0.2, 0.25) is 5.91 Å². The van der Waals surface area contributed by atoms with Crippen molar-refractivity contribution in [1.29, 1.82) is 0 Å². The largest absolute Gasteiger partial charge is 0.348 e. The van der Waals surface area contributed by atoms with Gasteiger partial charge in [-0.3, -0.25) is 14.2 Å². The Morgan fingerprint density at radius 1 is 0.939 bits per heavy atom. The topological polar surface area (TPSA) is 73.1 Å². The maximum Gasteiger partial charge on any atom is 0.336 e. The van der Waals surface area contributed by atoms with Crippen LogP contribution in [-0.4, -0.2) is 15.0 Å². The number of aromatic nitrogens is 2. The predicted molar refractivity (Wildman–Crippen MR) is 131 cm³/mol. The summed E-state index contributed by atoms with van der Waals surface area (Å²) in [5, 5.41) is 3.36. The molecule has 0 aliphatic carbocycles. The second kappa shape index (κ2) is 8.90. The molecule has 0 fully saturated rings. The molecule has 1 N–H and O–H groups in total. The molecule has 0 saturated carbocycles. The van der Waals surface area contributed by atoms with E-state index in [0.717, 1.165) is 22.3 Å². The summed E-state index contributed by atoms with van der Waals surface area (Å²) in [6.07, 6.45) is 0. The zero-order chi connectivity index (χ0) is 23.7. The molecule has 33 heavy (non-hydrogen) atoms. The lowest BCUT2D eigenvalue weighted by molar-refractivity contribution is -0.122. The number of nitrogens with zero attached hydrogens (tertiary/aromatic N) is 2. The third-order valence-electron chi connectivity index (χ3n) is 6.09. The lowest BCUT2D eigenvalue weighted by Gasteiger charge is -2.18. The first-order valence-corrected chi connectivity index (χ1v) is 10.9. The molecular weight excluding hydrogens is 414 g/mol. The van der Waals surface area contributed by atoms with Gasteiger partial charge < -0.3 is 5.32 Å². The van der Waals surface area contributed by atoms with Crippen molar-refractivity contribution in [2.75, 3.05) is 0 Å². The second-order valence-corrected chi connectivity index (χ2v) is 8.45. The number of rotatable bonds is 5. The number of amides is 1. The quantitative estimate of drug-likeness (QED) is 0.510. The molecule has 168 valence electrons. The zero-order valence-corrected chi connectivity index (χ0v) is 19.3. The van der Waals surface area contributed by atoms with E-state index in [-0.39, 0.29) is 24.1 Å². The summed E-state index contributed by atoms with van der Waals surface area (Å²) in [6.45, 7) is 7.42. The first kappa shape index (κ1) is 22.3. The highest BCUT2D eigenvalue weighted by Gasteiger charge is 2.19. The number of fused-ring (bicyclic) bond motifs is 1. The molecule has 0 radical (unpaired) electrons. The van der Waals surface area contributed by atoms with Gasteiger partial charge in [-0.1, -0.05) is 54.1 Å². The Bertz CT molecular complexity index is 1470. The molecule has 0 bridgehead atoms. The summed E-state index contributed by atoms with van der Waals surface area (Å²) in [6, 6.07) is 20.3. The third kappa shape index (κ3) is 4.24. The smallest absolute Gasteiger partial charge is 0.336 e. The van der Waals surface area contributed by atoms with Crippen molar-refractivity contribution in [3.8, 4) is 5.69 Å². The summed E-state index contributed by atoms with van der Waals surface area (Å²) >= 11 is 0. The Balaban J connectivity index is 1.84. The molecule has 0 aliphatic heterocycles. The Labute approximate surface area is 192 Å². The lowest BCUT2D eigenvalue weighted by atomic mass is 10.1. The van der Waals surface area contributed by atoms with Gasteiger partial charge in [-0.15, -0.1) is 0 Å². The van der Waals surface area contributed by atoms with E-state index < -0.39 is 5.69 Å². The van der Waals surface area contributed by atoms with Crippen molar-refractivity contribution in [1.82, 2.24) is 14.5 Å². The zero-order valence-electron chi connectivity index (χ0n) is 19.3. The minimum absolute atomic E-state index is 0.194. The van der Waals surface area contributed by atoms with E-state index in [1.807, 2.05) is 76.2 Å². The van der Waals surface area contributed by atoms with Crippen LogP contribution in [0, 0.1) is 20.8 Å². The van der Waals surface area contributed by atoms with E-state index in [0.29, 0.717) is 16.6 Å². The fourth-order valence-corrected chi connectivity index (χ4v) is 4.09. The summed E-state index contributed by atoms with van der Waals surface area (Å²) in [7, 11) is 0. The molecule has 1 unspecified atom stereocenters. The first-order valence-electron chi connectivity index (χ1n) is 10.9. The van der Waals surface area contributed by atoms with E-state index in [9.17, 15) is 14.4 Å². The molecule has 4 rings (SSSR count). The number of nitrogens with one attached hydrogen (secondary N) is 1. The lowest BCUT2D eigenvalue weighted by Crippen LogP contribution is -2.42. The van der Waals surface area contributed by atoms with Crippen LogP contribution in [-0.2, 0) is 11.3 Å². The molecule has 6 heteroatoms. The molecule has 1 atom stereocenters. The summed E-state index contributed by atoms with van der Waals surface area (Å²) < 4.78 is 2.56. The fourth-order valence-electron chi connectivity index (χ4n) is 4.09. The Kier molecular flexibility index (Phi) is 6.01. The predicted octanol–water partition coefficient (Wildman–Crippen LogP) is 3.96. The van der Waals surface area contributed by atoms with Crippen molar-refractivity contribution in [2.45, 2.75) is 40.3 Å². The van der Waals surface area contributed by atoms with Crippen LogP contribution >= 0.6 is 0 Å². The number of hydrogen-bond donors (Lipinski definition) is 1. The molecule has 1 amide bonds. The van der Waals surface area contributed by atoms with Crippen LogP contribution in [0.3, 0.4) is 0 Å². The second-order valence-electron chi connectivity index (χ2n) is 8.45. The van der Waals surface area contributed by atoms with Crippen LogP contribution in [0.15, 0.2) is 76.3 Å². The minimum Gasteiger partial charge on any atom is -0.348 e. The molecule has 6 nitrogen and oxygen atoms in total. The van der Waals surface area contributed by atoms with Crippen LogP contribution in [0.25, 0.3) is 16.6 Å². The molecular formula is C27H27N3O3. The third-order valence-corrected chi connectivity index (χ3v) is 6.09. The van der Waals surface area contributed by atoms with Gasteiger partial charge >= 0.3 is 5.69 Å². The van der Waals surface area contributed by atoms with Crippen molar-refractivity contribution in [3.63, 3.8) is 0 Å². The fraction of sp³-hybridized carbons (Fsp3) is 0.222. The van der Waals surface area contributed by atoms with Crippen LogP contribution < -0.4 is 16.6 Å². The van der Waals surface area contributed by atoms with Crippen molar-refractivity contribution >= 4 is 16.8 Å². The number of hydrogen-bond acceptors (Lipinski definition) is 3. The van der Waals surface area contributed by atoms with Crippen LogP contribution in [0.4, 0.5) is 0 Å². The van der Waals surface area contributed by atoms with Gasteiger partial charge in [-0.05, 0) is 62.6 Å². The molecule has 4 aromatic rings. The highest BCUT2D eigenvalue weighted by molar-refractivity contribution is 5.82. The van der Waals surface area contributed by atoms with Gasteiger partial charge in [0, 0.05) is 0 Å². The summed E-state index contributed by atoms with van der Waals surface area (Å²) in [5.41, 5.74) is 3.74. The Hall–Kier alpha value is -3.93. The molecule has 0 saturated heterocycles. The van der Waals surface area contributed by atoms with E-state index >= 15 is 0 Å². The maximum atomic E-state index is 13.6. The standard InChI is InChI=1S/C27H27N3O3/c1-17-13-14-24-22(15-17)26(32)30(23-12-8-9-18(2)19(23)3)27(33)29(24)16-25(31)28-20(4)21-10-6-5-7-11-21/h5-15,20H,16H2,1-4H3,(H,28,31).